The second-order valence-electron chi connectivity index (χ2n) is 15.6. The molecule has 1 aromatic heterocycles. The summed E-state index contributed by atoms with van der Waals surface area (Å²) in [6.45, 7) is 9.23. The smallest absolute Gasteiger partial charge is 0.405 e. The van der Waals surface area contributed by atoms with E-state index in [-0.39, 0.29) is 31.4 Å². The van der Waals surface area contributed by atoms with E-state index in [0.29, 0.717) is 42.7 Å². The number of hydrogen-bond donors (Lipinski definition) is 4. The monoisotopic (exact) mass is 739 g/mol. The molecule has 0 spiro atoms. The van der Waals surface area contributed by atoms with E-state index in [2.05, 4.69) is 20.3 Å². The van der Waals surface area contributed by atoms with Gasteiger partial charge in [0, 0.05) is 23.9 Å². The molecule has 4 amide bonds. The van der Waals surface area contributed by atoms with Gasteiger partial charge in [-0.15, -0.1) is 0 Å². The first-order chi connectivity index (χ1) is 24.5. The predicted octanol–water partition coefficient (Wildman–Crippen LogP) is 3.89. The predicted molar refractivity (Wildman–Crippen MR) is 192 cm³/mol. The number of nitrogens with zero attached hydrogens (tertiary/aromatic N) is 2. The summed E-state index contributed by atoms with van der Waals surface area (Å²) in [6.07, 6.45) is 6.27. The number of carbonyl (C=O) groups excluding carboxylic acids is 3. The lowest BCUT2D eigenvalue weighted by Crippen LogP contribution is -2.59. The number of nitrogens with one attached hydrogen (secondary N) is 3. The van der Waals surface area contributed by atoms with Crippen molar-refractivity contribution >= 4 is 44.6 Å². The van der Waals surface area contributed by atoms with Crippen LogP contribution in [0.3, 0.4) is 0 Å². The number of aromatic nitrogens is 1. The Balaban J connectivity index is 1.32. The second-order valence-corrected chi connectivity index (χ2v) is 17.8. The van der Waals surface area contributed by atoms with Crippen molar-refractivity contribution < 1.29 is 42.2 Å². The van der Waals surface area contributed by atoms with Crippen molar-refractivity contribution in [1.82, 2.24) is 25.2 Å². The largest absolute Gasteiger partial charge is 0.491 e. The zero-order chi connectivity index (χ0) is 37.6. The van der Waals surface area contributed by atoms with Crippen molar-refractivity contribution in [3.05, 3.63) is 42.6 Å². The lowest BCUT2D eigenvalue weighted by atomic mass is 9.88. The van der Waals surface area contributed by atoms with E-state index in [1.807, 2.05) is 64.1 Å². The van der Waals surface area contributed by atoms with Crippen LogP contribution >= 0.6 is 0 Å². The first kappa shape index (κ1) is 37.4. The average Bonchev–Trinajstić information content (AvgIpc) is 3.94. The van der Waals surface area contributed by atoms with E-state index in [9.17, 15) is 32.7 Å². The summed E-state index contributed by atoms with van der Waals surface area (Å²) in [5.74, 6) is -1.83. The van der Waals surface area contributed by atoms with Gasteiger partial charge in [0.25, 0.3) is 5.91 Å². The van der Waals surface area contributed by atoms with E-state index < -0.39 is 74.1 Å². The van der Waals surface area contributed by atoms with Crippen LogP contribution in [0.2, 0.25) is 0 Å². The van der Waals surface area contributed by atoms with Gasteiger partial charge in [0.15, 0.2) is 0 Å². The Bertz CT molecular complexity index is 1880. The Morgan fingerprint density at radius 1 is 1.13 bits per heavy atom. The summed E-state index contributed by atoms with van der Waals surface area (Å²) in [6, 6.07) is 5.03. The highest BCUT2D eigenvalue weighted by atomic mass is 32.2. The summed E-state index contributed by atoms with van der Waals surface area (Å²) < 4.78 is 39.6. The van der Waals surface area contributed by atoms with Crippen LogP contribution in [0, 0.1) is 17.8 Å². The lowest BCUT2D eigenvalue weighted by Gasteiger charge is -2.32. The molecule has 6 rings (SSSR count). The van der Waals surface area contributed by atoms with Crippen LogP contribution in [0.1, 0.15) is 79.6 Å². The van der Waals surface area contributed by atoms with E-state index in [0.717, 1.165) is 11.8 Å². The minimum absolute atomic E-state index is 0.0172. The highest BCUT2D eigenvalue weighted by Gasteiger charge is 2.63. The molecular weight excluding hydrogens is 690 g/mol. The number of carboxylic acid groups (broad SMARTS) is 1. The molecule has 4 aliphatic rings. The van der Waals surface area contributed by atoms with Gasteiger partial charge >= 0.3 is 6.09 Å². The van der Waals surface area contributed by atoms with Crippen molar-refractivity contribution in [3.8, 4) is 11.6 Å². The number of sulfonamides is 1. The maximum Gasteiger partial charge on any atom is 0.405 e. The molecule has 52 heavy (non-hydrogen) atoms. The van der Waals surface area contributed by atoms with Gasteiger partial charge in [-0.25, -0.2) is 18.2 Å². The van der Waals surface area contributed by atoms with Crippen LogP contribution in [0.15, 0.2) is 42.6 Å². The van der Waals surface area contributed by atoms with Gasteiger partial charge in [-0.05, 0) is 101 Å². The van der Waals surface area contributed by atoms with Gasteiger partial charge in [-0.2, -0.15) is 0 Å². The third-order valence-corrected chi connectivity index (χ3v) is 13.0. The highest BCUT2D eigenvalue weighted by molar-refractivity contribution is 7.91. The number of allylic oxidation sites excluding steroid dienone is 1. The third-order valence-electron chi connectivity index (χ3n) is 10.9. The van der Waals surface area contributed by atoms with Crippen LogP contribution in [-0.2, 0) is 24.4 Å². The van der Waals surface area contributed by atoms with E-state index in [1.54, 1.807) is 13.1 Å². The van der Waals surface area contributed by atoms with Gasteiger partial charge in [0.2, 0.25) is 27.7 Å². The van der Waals surface area contributed by atoms with Crippen molar-refractivity contribution in [2.45, 2.75) is 114 Å². The van der Waals surface area contributed by atoms with Gasteiger partial charge in [0.1, 0.15) is 29.5 Å². The molecule has 14 nitrogen and oxygen atoms in total. The number of benzene rings is 1. The normalized spacial score (nSPS) is 30.9. The van der Waals surface area contributed by atoms with Gasteiger partial charge in [-0.3, -0.25) is 19.1 Å². The minimum atomic E-state index is -4.00. The zero-order valence-corrected chi connectivity index (χ0v) is 31.1. The number of pyridine rings is 1. The van der Waals surface area contributed by atoms with Gasteiger partial charge in [-0.1, -0.05) is 26.0 Å². The Hall–Kier alpha value is -4.40. The second kappa shape index (κ2) is 14.2. The summed E-state index contributed by atoms with van der Waals surface area (Å²) in [5.41, 5.74) is -1.54. The molecule has 282 valence electrons. The fraction of sp³-hybridized carbons (Fsp3) is 0.595. The Labute approximate surface area is 304 Å². The first-order valence-electron chi connectivity index (χ1n) is 18.1. The number of ether oxygens (including phenoxy) is 2. The van der Waals surface area contributed by atoms with E-state index in [4.69, 9.17) is 9.47 Å². The van der Waals surface area contributed by atoms with Crippen LogP contribution < -0.4 is 24.8 Å². The molecule has 7 atom stereocenters. The molecule has 3 fully saturated rings. The van der Waals surface area contributed by atoms with Gasteiger partial charge < -0.3 is 30.1 Å². The van der Waals surface area contributed by atoms with E-state index >= 15 is 0 Å². The first-order valence-corrected chi connectivity index (χ1v) is 19.6. The molecule has 1 saturated heterocycles. The van der Waals surface area contributed by atoms with Crippen LogP contribution in [-0.4, -0.2) is 88.3 Å². The average molecular weight is 740 g/mol. The van der Waals surface area contributed by atoms with Crippen molar-refractivity contribution in [2.75, 3.05) is 6.54 Å². The molecule has 2 aromatic rings. The molecule has 3 heterocycles. The quantitative estimate of drug-likeness (QED) is 0.289. The van der Waals surface area contributed by atoms with Gasteiger partial charge in [0.05, 0.1) is 17.4 Å². The van der Waals surface area contributed by atoms with Crippen LogP contribution in [0.5, 0.6) is 11.6 Å². The summed E-state index contributed by atoms with van der Waals surface area (Å²) >= 11 is 0. The topological polar surface area (TPSA) is 193 Å². The number of fused-ring (bicyclic) bond motifs is 3. The standard InChI is InChI=1S/C37H49N5O9S/c1-21(2)50-26-10-11-28-24(17-26)12-15-38-32(28)51-27-18-29-31(43)40-37(34(45)41-52(48,49)36(5)13-14-36)19-25(37)9-7-6-8-22(3)16-23(4)30(39-35(46)47)33(44)42(29)20-27/h7,9-12,15,17,21-23,25,27,29-30,39H,6,8,13-14,16,18-20H2,1-5H3,(H,40,43)(H,41,45)(H,46,47)/b9-7-/t22-,23+,25+,27+,29-,30-,37+/m0/s1. The number of rotatable bonds is 8. The van der Waals surface area contributed by atoms with Crippen LogP contribution in [0.25, 0.3) is 10.8 Å². The summed E-state index contributed by atoms with van der Waals surface area (Å²) in [7, 11) is -4.00. The minimum Gasteiger partial charge on any atom is -0.491 e. The fourth-order valence-corrected chi connectivity index (χ4v) is 8.77. The highest BCUT2D eigenvalue weighted by Crippen LogP contribution is 2.47. The molecule has 2 aliphatic carbocycles. The lowest BCUT2D eigenvalue weighted by molar-refractivity contribution is -0.142. The molecule has 15 heteroatoms. The molecule has 2 aliphatic heterocycles. The molecule has 0 bridgehead atoms. The molecule has 0 unspecified atom stereocenters. The van der Waals surface area contributed by atoms with Crippen molar-refractivity contribution in [2.24, 2.45) is 17.8 Å². The maximum atomic E-state index is 14.4. The Morgan fingerprint density at radius 2 is 1.88 bits per heavy atom. The van der Waals surface area contributed by atoms with Crippen molar-refractivity contribution in [3.63, 3.8) is 0 Å². The Morgan fingerprint density at radius 3 is 2.58 bits per heavy atom. The molecule has 2 saturated carbocycles. The number of amides is 4. The SMILES string of the molecule is CC(C)Oc1ccc2c(O[C@@H]3C[C@H]4C(=O)N[C@]5(C(=O)NS(=O)(=O)C6(C)CC6)C[C@H]5/C=C\CC[C@H](C)C[C@@H](C)[C@H](NC(=O)O)C(=O)N4C3)nccc2c1. The number of carbonyl (C=O) groups is 4. The third kappa shape index (κ3) is 7.69. The van der Waals surface area contributed by atoms with Crippen LogP contribution in [0.4, 0.5) is 4.79 Å². The molecular formula is C37H49N5O9S. The number of hydrogen-bond acceptors (Lipinski definition) is 9. The molecule has 0 radical (unpaired) electrons. The van der Waals surface area contributed by atoms with E-state index in [1.165, 1.54) is 4.90 Å². The zero-order valence-electron chi connectivity index (χ0n) is 30.3. The van der Waals surface area contributed by atoms with Crippen molar-refractivity contribution in [1.29, 1.82) is 0 Å². The summed E-state index contributed by atoms with van der Waals surface area (Å²) in [4.78, 5) is 60.2. The molecule has 1 aromatic carbocycles. The maximum absolute atomic E-state index is 14.4. The Kier molecular flexibility index (Phi) is 10.2. The summed E-state index contributed by atoms with van der Waals surface area (Å²) in [5, 5.41) is 16.5. The molecule has 4 N–H and O–H groups in total. The fourth-order valence-electron chi connectivity index (χ4n) is 7.46.